The van der Waals surface area contributed by atoms with Gasteiger partial charge in [0.05, 0.1) is 0 Å². The molecule has 1 N–H and O–H groups in total. The van der Waals surface area contributed by atoms with Gasteiger partial charge in [-0.15, -0.1) is 0 Å². The van der Waals surface area contributed by atoms with Crippen LogP contribution in [0.15, 0.2) is 60.7 Å². The zero-order chi connectivity index (χ0) is 16.4. The number of nitrogens with zero attached hydrogens (tertiary/aromatic N) is 1. The summed E-state index contributed by atoms with van der Waals surface area (Å²) in [5.41, 5.74) is 2.35. The van der Waals surface area contributed by atoms with E-state index in [1.54, 1.807) is 0 Å². The monoisotopic (exact) mass is 322 g/mol. The fourth-order valence-corrected chi connectivity index (χ4v) is 4.62. The molecule has 1 saturated heterocycles. The Morgan fingerprint density at radius 1 is 0.958 bits per heavy atom. The van der Waals surface area contributed by atoms with E-state index < -0.39 is 0 Å². The number of para-hydroxylation sites is 1. The first kappa shape index (κ1) is 15.7. The van der Waals surface area contributed by atoms with Crippen LogP contribution in [0.5, 0.6) is 0 Å². The van der Waals surface area contributed by atoms with Gasteiger partial charge in [-0.3, -0.25) is 4.90 Å². The maximum absolute atomic E-state index is 6.13. The molecule has 2 aromatic carbocycles. The summed E-state index contributed by atoms with van der Waals surface area (Å²) in [4.78, 5) is 2.60. The number of rotatable bonds is 5. The van der Waals surface area contributed by atoms with Crippen LogP contribution >= 0.6 is 0 Å². The van der Waals surface area contributed by atoms with Gasteiger partial charge in [0.25, 0.3) is 0 Å². The summed E-state index contributed by atoms with van der Waals surface area (Å²) in [7, 11) is 1.87. The Bertz CT molecular complexity index is 644. The van der Waals surface area contributed by atoms with Gasteiger partial charge in [-0.2, -0.15) is 0 Å². The van der Waals surface area contributed by atoms with E-state index in [0.29, 0.717) is 11.8 Å². The molecule has 1 aliphatic heterocycles. The van der Waals surface area contributed by atoms with Crippen molar-refractivity contribution < 1.29 is 4.74 Å². The van der Waals surface area contributed by atoms with Gasteiger partial charge in [0.2, 0.25) is 0 Å². The number of piperidine rings is 1. The van der Waals surface area contributed by atoms with Crippen LogP contribution in [0.2, 0.25) is 0 Å². The molecule has 2 unspecified atom stereocenters. The van der Waals surface area contributed by atoms with Crippen LogP contribution in [0.25, 0.3) is 0 Å². The lowest BCUT2D eigenvalue weighted by molar-refractivity contribution is -0.0924. The third kappa shape index (κ3) is 2.83. The quantitative estimate of drug-likeness (QED) is 0.843. The molecule has 1 aliphatic carbocycles. The van der Waals surface area contributed by atoms with Crippen LogP contribution in [0.1, 0.15) is 18.4 Å². The predicted octanol–water partition coefficient (Wildman–Crippen LogP) is 3.98. The summed E-state index contributed by atoms with van der Waals surface area (Å²) >= 11 is 0. The van der Waals surface area contributed by atoms with Gasteiger partial charge in [-0.1, -0.05) is 48.5 Å². The first-order chi connectivity index (χ1) is 11.8. The molecule has 126 valence electrons. The SMILES string of the molecule is COC1(Nc2ccccc2)C2CCC1CN(Cc1ccccc1)C2. The summed E-state index contributed by atoms with van der Waals surface area (Å²) < 4.78 is 6.13. The summed E-state index contributed by atoms with van der Waals surface area (Å²) in [6.07, 6.45) is 2.48. The predicted molar refractivity (Wildman–Crippen MR) is 97.7 cm³/mol. The average Bonchev–Trinajstić information content (AvgIpc) is 2.81. The van der Waals surface area contributed by atoms with E-state index in [9.17, 15) is 0 Å². The van der Waals surface area contributed by atoms with Crippen molar-refractivity contribution in [3.63, 3.8) is 0 Å². The molecule has 2 aromatic rings. The van der Waals surface area contributed by atoms with E-state index in [2.05, 4.69) is 70.9 Å². The highest BCUT2D eigenvalue weighted by atomic mass is 16.5. The van der Waals surface area contributed by atoms with Crippen LogP contribution < -0.4 is 5.32 Å². The number of hydrogen-bond donors (Lipinski definition) is 1. The van der Waals surface area contributed by atoms with Gasteiger partial charge >= 0.3 is 0 Å². The van der Waals surface area contributed by atoms with Crippen molar-refractivity contribution in [3.05, 3.63) is 66.2 Å². The molecular formula is C21H26N2O. The third-order valence-corrected chi connectivity index (χ3v) is 5.73. The molecular weight excluding hydrogens is 296 g/mol. The number of ether oxygens (including phenoxy) is 1. The molecule has 0 radical (unpaired) electrons. The minimum Gasteiger partial charge on any atom is -0.358 e. The molecule has 1 saturated carbocycles. The second-order valence-electron chi connectivity index (χ2n) is 7.14. The Morgan fingerprint density at radius 2 is 1.54 bits per heavy atom. The number of likely N-dealkylation sites (tertiary alicyclic amines) is 1. The van der Waals surface area contributed by atoms with Crippen LogP contribution in [-0.2, 0) is 11.3 Å². The number of fused-ring (bicyclic) bond motifs is 2. The Kier molecular flexibility index (Phi) is 4.30. The van der Waals surface area contributed by atoms with Crippen molar-refractivity contribution in [1.29, 1.82) is 0 Å². The largest absolute Gasteiger partial charge is 0.358 e. The Hall–Kier alpha value is -1.84. The van der Waals surface area contributed by atoms with Crippen LogP contribution in [0, 0.1) is 11.8 Å². The first-order valence-corrected chi connectivity index (χ1v) is 8.95. The highest BCUT2D eigenvalue weighted by Crippen LogP contribution is 2.47. The highest BCUT2D eigenvalue weighted by molar-refractivity contribution is 5.45. The van der Waals surface area contributed by atoms with E-state index in [0.717, 1.165) is 25.3 Å². The molecule has 2 bridgehead atoms. The van der Waals surface area contributed by atoms with Crippen molar-refractivity contribution >= 4 is 5.69 Å². The number of methoxy groups -OCH3 is 1. The molecule has 2 aliphatic rings. The minimum atomic E-state index is -0.214. The Balaban J connectivity index is 1.51. The zero-order valence-corrected chi connectivity index (χ0v) is 14.3. The lowest BCUT2D eigenvalue weighted by atomic mass is 9.86. The fourth-order valence-electron chi connectivity index (χ4n) is 4.62. The molecule has 24 heavy (non-hydrogen) atoms. The van der Waals surface area contributed by atoms with E-state index in [4.69, 9.17) is 4.74 Å². The third-order valence-electron chi connectivity index (χ3n) is 5.73. The molecule has 1 heterocycles. The fraction of sp³-hybridized carbons (Fsp3) is 0.429. The average molecular weight is 322 g/mol. The van der Waals surface area contributed by atoms with Crippen molar-refractivity contribution in [2.75, 3.05) is 25.5 Å². The van der Waals surface area contributed by atoms with E-state index in [1.165, 1.54) is 18.4 Å². The first-order valence-electron chi connectivity index (χ1n) is 8.95. The Morgan fingerprint density at radius 3 is 2.12 bits per heavy atom. The van der Waals surface area contributed by atoms with Crippen LogP contribution in [0.3, 0.4) is 0 Å². The van der Waals surface area contributed by atoms with Gasteiger partial charge in [0.15, 0.2) is 0 Å². The van der Waals surface area contributed by atoms with Gasteiger partial charge < -0.3 is 10.1 Å². The number of anilines is 1. The smallest absolute Gasteiger partial charge is 0.146 e. The van der Waals surface area contributed by atoms with Crippen LogP contribution in [-0.4, -0.2) is 30.8 Å². The summed E-state index contributed by atoms with van der Waals surface area (Å²) in [5.74, 6) is 1.07. The maximum Gasteiger partial charge on any atom is 0.146 e. The van der Waals surface area contributed by atoms with E-state index in [1.807, 2.05) is 7.11 Å². The van der Waals surface area contributed by atoms with Crippen molar-refractivity contribution in [2.24, 2.45) is 11.8 Å². The maximum atomic E-state index is 6.13. The molecule has 3 nitrogen and oxygen atoms in total. The normalized spacial score (nSPS) is 29.5. The standard InChI is InChI=1S/C21H26N2O/c1-24-21(22-20-10-6-3-7-11-20)18-12-13-19(21)16-23(15-18)14-17-8-4-2-5-9-17/h2-11,18-19,22H,12-16H2,1H3. The second-order valence-corrected chi connectivity index (χ2v) is 7.14. The van der Waals surface area contributed by atoms with Crippen LogP contribution in [0.4, 0.5) is 5.69 Å². The van der Waals surface area contributed by atoms with Gasteiger partial charge in [0.1, 0.15) is 5.72 Å². The summed E-state index contributed by atoms with van der Waals surface area (Å²) in [6, 6.07) is 21.3. The van der Waals surface area contributed by atoms with Gasteiger partial charge in [-0.25, -0.2) is 0 Å². The van der Waals surface area contributed by atoms with Crippen molar-refractivity contribution in [2.45, 2.75) is 25.1 Å². The molecule has 0 aromatic heterocycles. The van der Waals surface area contributed by atoms with Gasteiger partial charge in [-0.05, 0) is 30.5 Å². The van der Waals surface area contributed by atoms with Crippen molar-refractivity contribution in [3.8, 4) is 0 Å². The molecule has 3 heteroatoms. The highest BCUT2D eigenvalue weighted by Gasteiger charge is 2.54. The molecule has 0 amide bonds. The summed E-state index contributed by atoms with van der Waals surface area (Å²) in [5, 5.41) is 3.74. The molecule has 2 atom stereocenters. The topological polar surface area (TPSA) is 24.5 Å². The van der Waals surface area contributed by atoms with Gasteiger partial charge in [0, 0.05) is 44.3 Å². The second kappa shape index (κ2) is 6.58. The zero-order valence-electron chi connectivity index (χ0n) is 14.3. The number of nitrogens with one attached hydrogen (secondary N) is 1. The van der Waals surface area contributed by atoms with E-state index >= 15 is 0 Å². The van der Waals surface area contributed by atoms with Crippen molar-refractivity contribution in [1.82, 2.24) is 4.90 Å². The molecule has 4 rings (SSSR count). The number of hydrogen-bond acceptors (Lipinski definition) is 3. The lowest BCUT2D eigenvalue weighted by Crippen LogP contribution is -2.59. The lowest BCUT2D eigenvalue weighted by Gasteiger charge is -2.47. The summed E-state index contributed by atoms with van der Waals surface area (Å²) in [6.45, 7) is 3.23. The minimum absolute atomic E-state index is 0.214. The van der Waals surface area contributed by atoms with E-state index in [-0.39, 0.29) is 5.72 Å². The number of benzene rings is 2. The molecule has 0 spiro atoms. The molecule has 2 fully saturated rings. The Labute approximate surface area is 144 Å².